The second kappa shape index (κ2) is 6.32. The molecule has 0 aliphatic rings. The molecule has 0 atom stereocenters. The van der Waals surface area contributed by atoms with Crippen molar-refractivity contribution in [2.75, 3.05) is 10.7 Å². The van der Waals surface area contributed by atoms with E-state index < -0.39 is 11.7 Å². The molecule has 1 aromatic heterocycles. The Kier molecular flexibility index (Phi) is 4.49. The zero-order valence-corrected chi connectivity index (χ0v) is 11.9. The van der Waals surface area contributed by atoms with E-state index in [0.29, 0.717) is 17.8 Å². The van der Waals surface area contributed by atoms with E-state index in [0.717, 1.165) is 11.3 Å². The summed E-state index contributed by atoms with van der Waals surface area (Å²) < 4.78 is 13.8. The van der Waals surface area contributed by atoms with Gasteiger partial charge in [-0.3, -0.25) is 4.79 Å². The van der Waals surface area contributed by atoms with Gasteiger partial charge in [0.05, 0.1) is 5.69 Å². The van der Waals surface area contributed by atoms with Gasteiger partial charge >= 0.3 is 0 Å². The summed E-state index contributed by atoms with van der Waals surface area (Å²) in [7, 11) is 0. The lowest BCUT2D eigenvalue weighted by atomic mass is 10.1. The average Bonchev–Trinajstić information content (AvgIpc) is 2.49. The molecule has 0 aliphatic heterocycles. The van der Waals surface area contributed by atoms with Crippen molar-refractivity contribution in [1.82, 2.24) is 4.98 Å². The van der Waals surface area contributed by atoms with Crippen LogP contribution in [0.15, 0.2) is 30.3 Å². The van der Waals surface area contributed by atoms with E-state index in [-0.39, 0.29) is 5.69 Å². The zero-order chi connectivity index (χ0) is 15.4. The molecule has 110 valence electrons. The smallest absolute Gasteiger partial charge is 0.255 e. The minimum Gasteiger partial charge on any atom is -0.319 e. The molecule has 1 heterocycles. The summed E-state index contributed by atoms with van der Waals surface area (Å²) >= 11 is 0. The molecule has 2 rings (SSSR count). The van der Waals surface area contributed by atoms with Crippen molar-refractivity contribution in [1.29, 1.82) is 0 Å². The molecule has 0 aliphatic carbocycles. The largest absolute Gasteiger partial charge is 0.319 e. The number of carbonyl (C=O) groups is 1. The Labute approximate surface area is 122 Å². The predicted octanol–water partition coefficient (Wildman–Crippen LogP) is 2.63. The summed E-state index contributed by atoms with van der Waals surface area (Å²) in [6, 6.07) is 7.80. The van der Waals surface area contributed by atoms with Crippen LogP contribution in [0.25, 0.3) is 0 Å². The highest BCUT2D eigenvalue weighted by atomic mass is 19.1. The minimum absolute atomic E-state index is 0.141. The maximum Gasteiger partial charge on any atom is 0.255 e. The first-order valence-electron chi connectivity index (χ1n) is 6.58. The second-order valence-corrected chi connectivity index (χ2v) is 4.67. The maximum atomic E-state index is 13.8. The van der Waals surface area contributed by atoms with Crippen LogP contribution >= 0.6 is 0 Å². The van der Waals surface area contributed by atoms with Gasteiger partial charge in [-0.2, -0.15) is 0 Å². The molecule has 0 radical (unpaired) electrons. The lowest BCUT2D eigenvalue weighted by Crippen LogP contribution is -2.16. The molecule has 0 unspecified atom stereocenters. The van der Waals surface area contributed by atoms with Crippen molar-refractivity contribution >= 4 is 17.4 Å². The first-order chi connectivity index (χ1) is 10.0. The van der Waals surface area contributed by atoms with Crippen molar-refractivity contribution in [3.05, 3.63) is 53.0 Å². The number of amides is 1. The van der Waals surface area contributed by atoms with E-state index in [2.05, 4.69) is 15.7 Å². The number of nitrogens with zero attached hydrogens (tertiary/aromatic N) is 1. The molecule has 2 aromatic rings. The highest BCUT2D eigenvalue weighted by Gasteiger charge is 2.12. The molecule has 4 N–H and O–H groups in total. The van der Waals surface area contributed by atoms with Crippen molar-refractivity contribution in [3.8, 4) is 0 Å². The van der Waals surface area contributed by atoms with E-state index in [1.807, 2.05) is 6.92 Å². The summed E-state index contributed by atoms with van der Waals surface area (Å²) in [5, 5.41) is 2.55. The summed E-state index contributed by atoms with van der Waals surface area (Å²) in [5.41, 5.74) is 4.44. The van der Waals surface area contributed by atoms with E-state index in [1.165, 1.54) is 18.2 Å². The SMILES string of the molecule is CCc1cc(C(=O)Nc2ccc(C)cc2F)cc(NN)n1. The van der Waals surface area contributed by atoms with Gasteiger partial charge in [0, 0.05) is 11.3 Å². The summed E-state index contributed by atoms with van der Waals surface area (Å²) in [5.74, 6) is 4.85. The first kappa shape index (κ1) is 14.9. The number of nitrogens with two attached hydrogens (primary N) is 1. The zero-order valence-electron chi connectivity index (χ0n) is 11.9. The number of halogens is 1. The van der Waals surface area contributed by atoms with Crippen molar-refractivity contribution < 1.29 is 9.18 Å². The van der Waals surface area contributed by atoms with Gasteiger partial charge < -0.3 is 10.7 Å². The Morgan fingerprint density at radius 2 is 2.10 bits per heavy atom. The van der Waals surface area contributed by atoms with Crippen LogP contribution in [0, 0.1) is 12.7 Å². The summed E-state index contributed by atoms with van der Waals surface area (Å²) in [6.45, 7) is 3.70. The van der Waals surface area contributed by atoms with E-state index in [9.17, 15) is 9.18 Å². The number of hydrogen-bond acceptors (Lipinski definition) is 4. The van der Waals surface area contributed by atoms with Gasteiger partial charge in [-0.1, -0.05) is 13.0 Å². The fourth-order valence-corrected chi connectivity index (χ4v) is 1.89. The van der Waals surface area contributed by atoms with Crippen molar-refractivity contribution in [2.45, 2.75) is 20.3 Å². The van der Waals surface area contributed by atoms with Crippen LogP contribution in [0.5, 0.6) is 0 Å². The summed E-state index contributed by atoms with van der Waals surface area (Å²) in [6.07, 6.45) is 0.661. The number of rotatable bonds is 4. The molecule has 0 bridgehead atoms. The minimum atomic E-state index is -0.467. The normalized spacial score (nSPS) is 10.3. The molecule has 6 heteroatoms. The molecule has 1 aromatic carbocycles. The molecule has 0 saturated carbocycles. The van der Waals surface area contributed by atoms with Crippen LogP contribution in [0.4, 0.5) is 15.9 Å². The highest BCUT2D eigenvalue weighted by molar-refractivity contribution is 6.04. The maximum absolute atomic E-state index is 13.8. The monoisotopic (exact) mass is 288 g/mol. The van der Waals surface area contributed by atoms with Crippen LogP contribution in [0.3, 0.4) is 0 Å². The van der Waals surface area contributed by atoms with Gasteiger partial charge in [-0.25, -0.2) is 15.2 Å². The quantitative estimate of drug-likeness (QED) is 0.597. The number of aromatic nitrogens is 1. The average molecular weight is 288 g/mol. The second-order valence-electron chi connectivity index (χ2n) is 4.67. The molecule has 5 nitrogen and oxygen atoms in total. The Morgan fingerprint density at radius 1 is 1.33 bits per heavy atom. The Bertz CT molecular complexity index is 650. The number of carbonyl (C=O) groups excluding carboxylic acids is 1. The Morgan fingerprint density at radius 3 is 2.71 bits per heavy atom. The van der Waals surface area contributed by atoms with Crippen molar-refractivity contribution in [2.24, 2.45) is 5.84 Å². The van der Waals surface area contributed by atoms with Gasteiger partial charge in [0.1, 0.15) is 11.6 Å². The number of nitrogen functional groups attached to an aromatic ring is 1. The van der Waals surface area contributed by atoms with Gasteiger partial charge in [0.25, 0.3) is 5.91 Å². The van der Waals surface area contributed by atoms with Gasteiger partial charge in [0.15, 0.2) is 0 Å². The lowest BCUT2D eigenvalue weighted by Gasteiger charge is -2.09. The van der Waals surface area contributed by atoms with E-state index >= 15 is 0 Å². The topological polar surface area (TPSA) is 80.0 Å². The number of nitrogens with one attached hydrogen (secondary N) is 2. The van der Waals surface area contributed by atoms with Crippen molar-refractivity contribution in [3.63, 3.8) is 0 Å². The standard InChI is InChI=1S/C15H17FN4O/c1-3-11-7-10(8-14(18-11)20-17)15(21)19-13-5-4-9(2)6-12(13)16/h4-8H,3,17H2,1-2H3,(H,18,20)(H,19,21). The van der Waals surface area contributed by atoms with Crippen LogP contribution in [0.2, 0.25) is 0 Å². The molecular weight excluding hydrogens is 271 g/mol. The lowest BCUT2D eigenvalue weighted by molar-refractivity contribution is 0.102. The van der Waals surface area contributed by atoms with Crippen LogP contribution in [0.1, 0.15) is 28.5 Å². The number of anilines is 2. The van der Waals surface area contributed by atoms with Crippen LogP contribution in [-0.2, 0) is 6.42 Å². The number of aryl methyl sites for hydroxylation is 2. The van der Waals surface area contributed by atoms with E-state index in [1.54, 1.807) is 19.1 Å². The third-order valence-electron chi connectivity index (χ3n) is 3.02. The molecule has 0 fully saturated rings. The molecule has 0 saturated heterocycles. The fraction of sp³-hybridized carbons (Fsp3) is 0.200. The third kappa shape index (κ3) is 3.55. The molecule has 0 spiro atoms. The van der Waals surface area contributed by atoms with E-state index in [4.69, 9.17) is 5.84 Å². The Hall–Kier alpha value is -2.47. The number of hydrazine groups is 1. The first-order valence-corrected chi connectivity index (χ1v) is 6.58. The third-order valence-corrected chi connectivity index (χ3v) is 3.02. The Balaban J connectivity index is 2.27. The summed E-state index contributed by atoms with van der Waals surface area (Å²) in [4.78, 5) is 16.4. The highest BCUT2D eigenvalue weighted by Crippen LogP contribution is 2.17. The van der Waals surface area contributed by atoms with Crippen LogP contribution in [-0.4, -0.2) is 10.9 Å². The van der Waals surface area contributed by atoms with Gasteiger partial charge in [-0.15, -0.1) is 0 Å². The van der Waals surface area contributed by atoms with Crippen LogP contribution < -0.4 is 16.6 Å². The van der Waals surface area contributed by atoms with Gasteiger partial charge in [-0.05, 0) is 43.2 Å². The molecule has 21 heavy (non-hydrogen) atoms. The fourth-order valence-electron chi connectivity index (χ4n) is 1.89. The number of hydrogen-bond donors (Lipinski definition) is 3. The predicted molar refractivity (Wildman–Crippen MR) is 80.5 cm³/mol. The number of pyridine rings is 1. The van der Waals surface area contributed by atoms with Gasteiger partial charge in [0.2, 0.25) is 0 Å². The number of benzene rings is 1. The molecule has 1 amide bonds. The molecular formula is C15H17FN4O.